The minimum Gasteiger partial charge on any atom is -0.322 e. The molecule has 0 aliphatic rings. The molecule has 0 aliphatic heterocycles. The number of anilines is 1. The van der Waals surface area contributed by atoms with E-state index in [1.165, 1.54) is 24.3 Å². The molecule has 108 valence electrons. The van der Waals surface area contributed by atoms with Crippen LogP contribution in [0.15, 0.2) is 36.4 Å². The first-order valence-electron chi connectivity index (χ1n) is 5.59. The molecule has 1 N–H and O–H groups in total. The van der Waals surface area contributed by atoms with Crippen LogP contribution in [0.1, 0.15) is 10.4 Å². The molecule has 0 fully saturated rings. The summed E-state index contributed by atoms with van der Waals surface area (Å²) in [5.74, 6) is -1.25. The van der Waals surface area contributed by atoms with E-state index in [4.69, 9.17) is 23.2 Å². The molecule has 0 saturated heterocycles. The van der Waals surface area contributed by atoms with Gasteiger partial charge in [-0.2, -0.15) is 0 Å². The molecule has 0 aliphatic carbocycles. The topological polar surface area (TPSA) is 72.2 Å². The van der Waals surface area contributed by atoms with Crippen molar-refractivity contribution in [2.24, 2.45) is 0 Å². The normalized spacial score (nSPS) is 10.2. The SMILES string of the molecule is O=C(Nc1ccc(Cl)c(F)c1)c1ccc([N+](=O)[O-])c(Cl)c1. The number of carbonyl (C=O) groups is 1. The van der Waals surface area contributed by atoms with Gasteiger partial charge < -0.3 is 5.32 Å². The van der Waals surface area contributed by atoms with Crippen LogP contribution in [0.3, 0.4) is 0 Å². The van der Waals surface area contributed by atoms with Gasteiger partial charge in [-0.1, -0.05) is 23.2 Å². The predicted molar refractivity (Wildman–Crippen MR) is 77.5 cm³/mol. The van der Waals surface area contributed by atoms with Gasteiger partial charge in [0.2, 0.25) is 0 Å². The van der Waals surface area contributed by atoms with Gasteiger partial charge in [0.05, 0.1) is 9.95 Å². The van der Waals surface area contributed by atoms with Crippen LogP contribution in [0.25, 0.3) is 0 Å². The van der Waals surface area contributed by atoms with Crippen LogP contribution >= 0.6 is 23.2 Å². The van der Waals surface area contributed by atoms with Crippen molar-refractivity contribution in [2.75, 3.05) is 5.32 Å². The number of amides is 1. The second-order valence-corrected chi connectivity index (χ2v) is 4.82. The molecule has 1 amide bonds. The molecule has 0 spiro atoms. The van der Waals surface area contributed by atoms with Gasteiger partial charge in [-0.15, -0.1) is 0 Å². The number of nitro benzene ring substituents is 1. The summed E-state index contributed by atoms with van der Waals surface area (Å²) < 4.78 is 13.3. The molecule has 2 aromatic carbocycles. The van der Waals surface area contributed by atoms with E-state index in [0.717, 1.165) is 12.1 Å². The Morgan fingerprint density at radius 1 is 1.14 bits per heavy atom. The summed E-state index contributed by atoms with van der Waals surface area (Å²) in [7, 11) is 0. The van der Waals surface area contributed by atoms with Crippen LogP contribution in [0, 0.1) is 15.9 Å². The Bertz CT molecular complexity index is 737. The lowest BCUT2D eigenvalue weighted by Gasteiger charge is -2.06. The average Bonchev–Trinajstić information content (AvgIpc) is 2.42. The van der Waals surface area contributed by atoms with E-state index < -0.39 is 16.6 Å². The summed E-state index contributed by atoms with van der Waals surface area (Å²) in [6.45, 7) is 0. The fraction of sp³-hybridized carbons (Fsp3) is 0. The number of rotatable bonds is 3. The number of carbonyl (C=O) groups excluding carboxylic acids is 1. The Morgan fingerprint density at radius 2 is 1.86 bits per heavy atom. The highest BCUT2D eigenvalue weighted by molar-refractivity contribution is 6.33. The van der Waals surface area contributed by atoms with E-state index in [2.05, 4.69) is 5.32 Å². The zero-order valence-corrected chi connectivity index (χ0v) is 11.8. The first-order chi connectivity index (χ1) is 9.88. The van der Waals surface area contributed by atoms with Crippen LogP contribution in [0.4, 0.5) is 15.8 Å². The Morgan fingerprint density at radius 3 is 2.43 bits per heavy atom. The molecule has 0 saturated carbocycles. The van der Waals surface area contributed by atoms with Crippen LogP contribution in [-0.2, 0) is 0 Å². The number of benzene rings is 2. The van der Waals surface area contributed by atoms with Crippen LogP contribution in [0.5, 0.6) is 0 Å². The molecular formula is C13H7Cl2FN2O3. The number of hydrogen-bond donors (Lipinski definition) is 1. The van der Waals surface area contributed by atoms with E-state index in [9.17, 15) is 19.3 Å². The molecule has 0 unspecified atom stereocenters. The van der Waals surface area contributed by atoms with Gasteiger partial charge in [-0.25, -0.2) is 4.39 Å². The average molecular weight is 329 g/mol. The summed E-state index contributed by atoms with van der Waals surface area (Å²) in [5.41, 5.74) is 0.0167. The molecule has 8 heteroatoms. The molecule has 2 aromatic rings. The molecular weight excluding hydrogens is 322 g/mol. The van der Waals surface area contributed by atoms with Gasteiger partial charge in [0.25, 0.3) is 11.6 Å². The van der Waals surface area contributed by atoms with Gasteiger partial charge in [0.1, 0.15) is 10.8 Å². The molecule has 2 rings (SSSR count). The lowest BCUT2D eigenvalue weighted by Crippen LogP contribution is -2.12. The van der Waals surface area contributed by atoms with Crippen molar-refractivity contribution in [2.45, 2.75) is 0 Å². The second kappa shape index (κ2) is 6.07. The highest BCUT2D eigenvalue weighted by atomic mass is 35.5. The standard InChI is InChI=1S/C13H7Cl2FN2O3/c14-9-3-2-8(6-11(9)16)17-13(19)7-1-4-12(18(20)21)10(15)5-7/h1-6H,(H,17,19). The summed E-state index contributed by atoms with van der Waals surface area (Å²) in [4.78, 5) is 21.9. The van der Waals surface area contributed by atoms with E-state index in [1.807, 2.05) is 0 Å². The number of hydrogen-bond acceptors (Lipinski definition) is 3. The summed E-state index contributed by atoms with van der Waals surface area (Å²) >= 11 is 11.3. The summed E-state index contributed by atoms with van der Waals surface area (Å²) in [6.07, 6.45) is 0. The fourth-order valence-corrected chi connectivity index (χ4v) is 1.94. The third-order valence-electron chi connectivity index (χ3n) is 2.58. The summed E-state index contributed by atoms with van der Waals surface area (Å²) in [5, 5.41) is 12.8. The van der Waals surface area contributed by atoms with Crippen LogP contribution in [-0.4, -0.2) is 10.8 Å². The zero-order valence-electron chi connectivity index (χ0n) is 10.3. The largest absolute Gasteiger partial charge is 0.322 e. The Kier molecular flexibility index (Phi) is 4.40. The number of nitrogens with one attached hydrogen (secondary N) is 1. The maximum Gasteiger partial charge on any atom is 0.287 e. The first-order valence-corrected chi connectivity index (χ1v) is 6.34. The molecule has 21 heavy (non-hydrogen) atoms. The predicted octanol–water partition coefficient (Wildman–Crippen LogP) is 4.29. The van der Waals surface area contributed by atoms with E-state index in [-0.39, 0.29) is 27.0 Å². The molecule has 0 bridgehead atoms. The quantitative estimate of drug-likeness (QED) is 0.674. The zero-order chi connectivity index (χ0) is 15.6. The number of nitro groups is 1. The van der Waals surface area contributed by atoms with E-state index >= 15 is 0 Å². The van der Waals surface area contributed by atoms with E-state index in [0.29, 0.717) is 0 Å². The van der Waals surface area contributed by atoms with Crippen molar-refractivity contribution in [3.8, 4) is 0 Å². The smallest absolute Gasteiger partial charge is 0.287 e. The molecule has 0 aromatic heterocycles. The maximum atomic E-state index is 13.3. The Labute approximate surface area is 128 Å². The first kappa shape index (κ1) is 15.2. The minimum atomic E-state index is -0.670. The van der Waals surface area contributed by atoms with Gasteiger partial charge in [-0.05, 0) is 30.3 Å². The Hall–Kier alpha value is -2.18. The minimum absolute atomic E-state index is 0.0635. The second-order valence-electron chi connectivity index (χ2n) is 4.01. The van der Waals surface area contributed by atoms with E-state index in [1.54, 1.807) is 0 Å². The lowest BCUT2D eigenvalue weighted by atomic mass is 10.2. The lowest BCUT2D eigenvalue weighted by molar-refractivity contribution is -0.384. The molecule has 5 nitrogen and oxygen atoms in total. The highest BCUT2D eigenvalue weighted by Gasteiger charge is 2.15. The van der Waals surface area contributed by atoms with Crippen molar-refractivity contribution in [1.29, 1.82) is 0 Å². The third-order valence-corrected chi connectivity index (χ3v) is 3.19. The summed E-state index contributed by atoms with van der Waals surface area (Å²) in [6, 6.07) is 7.34. The highest BCUT2D eigenvalue weighted by Crippen LogP contribution is 2.25. The Balaban J connectivity index is 2.22. The fourth-order valence-electron chi connectivity index (χ4n) is 1.57. The van der Waals surface area contributed by atoms with Crippen LogP contribution in [0.2, 0.25) is 10.0 Å². The van der Waals surface area contributed by atoms with Crippen molar-refractivity contribution >= 4 is 40.5 Å². The third kappa shape index (κ3) is 3.48. The maximum absolute atomic E-state index is 13.3. The molecule has 0 atom stereocenters. The van der Waals surface area contributed by atoms with Crippen molar-refractivity contribution in [3.63, 3.8) is 0 Å². The monoisotopic (exact) mass is 328 g/mol. The molecule has 0 radical (unpaired) electrons. The van der Waals surface area contributed by atoms with Crippen molar-refractivity contribution < 1.29 is 14.1 Å². The van der Waals surface area contributed by atoms with Gasteiger partial charge in [0, 0.05) is 17.3 Å². The van der Waals surface area contributed by atoms with Gasteiger partial charge >= 0.3 is 0 Å². The number of halogens is 3. The van der Waals surface area contributed by atoms with Crippen molar-refractivity contribution in [3.05, 3.63) is 67.9 Å². The number of nitrogens with zero attached hydrogens (tertiary/aromatic N) is 1. The van der Waals surface area contributed by atoms with Crippen molar-refractivity contribution in [1.82, 2.24) is 0 Å². The van der Waals surface area contributed by atoms with Crippen LogP contribution < -0.4 is 5.32 Å². The van der Waals surface area contributed by atoms with Gasteiger partial charge in [0.15, 0.2) is 0 Å². The van der Waals surface area contributed by atoms with Gasteiger partial charge in [-0.3, -0.25) is 14.9 Å². The molecule has 0 heterocycles.